The Kier molecular flexibility index (Phi) is 6.02. The van der Waals surface area contributed by atoms with Gasteiger partial charge in [0.15, 0.2) is 0 Å². The van der Waals surface area contributed by atoms with Crippen LogP contribution in [-0.2, 0) is 0 Å². The van der Waals surface area contributed by atoms with Crippen molar-refractivity contribution in [2.75, 3.05) is 4.90 Å². The molecule has 2 heterocycles. The topological polar surface area (TPSA) is 16.1 Å². The molecular formula is C39H26N2S. The molecular weight excluding hydrogens is 529 g/mol. The van der Waals surface area contributed by atoms with Gasteiger partial charge in [-0.15, -0.1) is 11.3 Å². The van der Waals surface area contributed by atoms with E-state index in [1.54, 1.807) is 11.3 Å². The van der Waals surface area contributed by atoms with Crippen LogP contribution < -0.4 is 4.90 Å². The number of pyridine rings is 1. The highest BCUT2D eigenvalue weighted by Crippen LogP contribution is 2.39. The highest BCUT2D eigenvalue weighted by Gasteiger charge is 2.16. The fraction of sp³-hybridized carbons (Fsp3) is 0. The first-order chi connectivity index (χ1) is 20.8. The maximum atomic E-state index is 5.21. The molecule has 0 saturated carbocycles. The van der Waals surface area contributed by atoms with Crippen molar-refractivity contribution in [2.24, 2.45) is 0 Å². The SMILES string of the molecule is c1ccc(-c2ccc(N(c3ccc(-c4ccc5ccccc5c4)cc3)c3ccc4c(n3)sc3ccccc34)cc2)cc1. The first-order valence-corrected chi connectivity index (χ1v) is 14.9. The van der Waals surface area contributed by atoms with E-state index in [1.807, 2.05) is 0 Å². The molecule has 3 heteroatoms. The van der Waals surface area contributed by atoms with Gasteiger partial charge in [-0.3, -0.25) is 4.90 Å². The van der Waals surface area contributed by atoms with E-state index in [9.17, 15) is 0 Å². The highest BCUT2D eigenvalue weighted by atomic mass is 32.1. The molecule has 0 spiro atoms. The van der Waals surface area contributed by atoms with Gasteiger partial charge in [0.2, 0.25) is 0 Å². The average molecular weight is 555 g/mol. The lowest BCUT2D eigenvalue weighted by molar-refractivity contribution is 1.21. The number of rotatable bonds is 5. The van der Waals surface area contributed by atoms with E-state index >= 15 is 0 Å². The molecule has 0 radical (unpaired) electrons. The van der Waals surface area contributed by atoms with Crippen LogP contribution in [-0.4, -0.2) is 4.98 Å². The number of nitrogens with zero attached hydrogens (tertiary/aromatic N) is 2. The van der Waals surface area contributed by atoms with E-state index in [0.29, 0.717) is 0 Å². The lowest BCUT2D eigenvalue weighted by Crippen LogP contribution is -2.11. The number of fused-ring (bicyclic) bond motifs is 4. The Morgan fingerprint density at radius 2 is 1.02 bits per heavy atom. The molecule has 8 aromatic rings. The van der Waals surface area contributed by atoms with Crippen LogP contribution in [0, 0.1) is 0 Å². The highest BCUT2D eigenvalue weighted by molar-refractivity contribution is 7.25. The molecule has 0 saturated heterocycles. The van der Waals surface area contributed by atoms with E-state index in [-0.39, 0.29) is 0 Å². The standard InChI is InChI=1S/C39H26N2S/c1-2-8-27(9-3-1)29-16-20-33(21-17-29)41(38-25-24-36-35-12-6-7-13-37(35)42-39(36)40-38)34-22-18-30(19-23-34)32-15-14-28-10-4-5-11-31(28)26-32/h1-26H. The van der Waals surface area contributed by atoms with Gasteiger partial charge >= 0.3 is 0 Å². The fourth-order valence-corrected chi connectivity index (χ4v) is 6.81. The van der Waals surface area contributed by atoms with Gasteiger partial charge in [0.1, 0.15) is 10.6 Å². The van der Waals surface area contributed by atoms with Crippen LogP contribution in [0.5, 0.6) is 0 Å². The van der Waals surface area contributed by atoms with E-state index in [0.717, 1.165) is 22.0 Å². The second kappa shape index (κ2) is 10.3. The minimum atomic E-state index is 0.903. The molecule has 0 aliphatic carbocycles. The van der Waals surface area contributed by atoms with Gasteiger partial charge in [0.05, 0.1) is 0 Å². The minimum absolute atomic E-state index is 0.903. The second-order valence-electron chi connectivity index (χ2n) is 10.5. The van der Waals surface area contributed by atoms with Crippen molar-refractivity contribution >= 4 is 59.6 Å². The lowest BCUT2D eigenvalue weighted by atomic mass is 10.0. The number of thiophene rings is 1. The third-order valence-corrected chi connectivity index (χ3v) is 8.98. The molecule has 0 bridgehead atoms. The summed E-state index contributed by atoms with van der Waals surface area (Å²) in [4.78, 5) is 8.51. The summed E-state index contributed by atoms with van der Waals surface area (Å²) in [6.07, 6.45) is 0. The Balaban J connectivity index is 1.22. The van der Waals surface area contributed by atoms with Gasteiger partial charge in [-0.05, 0) is 81.6 Å². The molecule has 42 heavy (non-hydrogen) atoms. The van der Waals surface area contributed by atoms with Crippen LogP contribution >= 0.6 is 11.3 Å². The molecule has 6 aromatic carbocycles. The van der Waals surface area contributed by atoms with Crippen LogP contribution in [0.4, 0.5) is 17.2 Å². The first kappa shape index (κ1) is 24.5. The van der Waals surface area contributed by atoms with Crippen molar-refractivity contribution in [3.05, 3.63) is 158 Å². The third kappa shape index (κ3) is 4.41. The largest absolute Gasteiger partial charge is 0.295 e. The summed E-state index contributed by atoms with van der Waals surface area (Å²) in [6, 6.07) is 56.2. The molecule has 0 aliphatic rings. The molecule has 2 aromatic heterocycles. The van der Waals surface area contributed by atoms with Gasteiger partial charge in [0, 0.05) is 26.8 Å². The van der Waals surface area contributed by atoms with Gasteiger partial charge in [-0.2, -0.15) is 0 Å². The van der Waals surface area contributed by atoms with Crippen LogP contribution in [0.1, 0.15) is 0 Å². The molecule has 198 valence electrons. The quantitative estimate of drug-likeness (QED) is 0.210. The molecule has 8 rings (SSSR count). The van der Waals surface area contributed by atoms with Crippen LogP contribution in [0.2, 0.25) is 0 Å². The zero-order chi connectivity index (χ0) is 27.9. The van der Waals surface area contributed by atoms with E-state index in [2.05, 4.69) is 163 Å². The number of hydrogen-bond donors (Lipinski definition) is 0. The Morgan fingerprint density at radius 3 is 1.79 bits per heavy atom. The maximum Gasteiger partial charge on any atom is 0.139 e. The lowest BCUT2D eigenvalue weighted by Gasteiger charge is -2.25. The van der Waals surface area contributed by atoms with Gasteiger partial charge in [0.25, 0.3) is 0 Å². The van der Waals surface area contributed by atoms with E-state index in [4.69, 9.17) is 4.98 Å². The summed E-state index contributed by atoms with van der Waals surface area (Å²) in [6.45, 7) is 0. The van der Waals surface area contributed by atoms with Gasteiger partial charge in [-0.1, -0.05) is 109 Å². The summed E-state index contributed by atoms with van der Waals surface area (Å²) >= 11 is 1.75. The molecule has 0 N–H and O–H groups in total. The normalized spacial score (nSPS) is 11.3. The molecule has 0 amide bonds. The zero-order valence-electron chi connectivity index (χ0n) is 22.8. The van der Waals surface area contributed by atoms with E-state index in [1.165, 1.54) is 48.5 Å². The Labute approximate surface area is 248 Å². The van der Waals surface area contributed by atoms with Crippen LogP contribution in [0.15, 0.2) is 158 Å². The van der Waals surface area contributed by atoms with Crippen molar-refractivity contribution in [2.45, 2.75) is 0 Å². The summed E-state index contributed by atoms with van der Waals surface area (Å²) < 4.78 is 1.26. The average Bonchev–Trinajstić information content (AvgIpc) is 3.44. The Bertz CT molecular complexity index is 2180. The van der Waals surface area contributed by atoms with Crippen molar-refractivity contribution in [1.29, 1.82) is 0 Å². The molecule has 0 atom stereocenters. The Morgan fingerprint density at radius 1 is 0.429 bits per heavy atom. The summed E-state index contributed by atoms with van der Waals surface area (Å²) in [5.41, 5.74) is 6.95. The van der Waals surface area contributed by atoms with Crippen molar-refractivity contribution in [3.8, 4) is 22.3 Å². The third-order valence-electron chi connectivity index (χ3n) is 7.90. The van der Waals surface area contributed by atoms with Crippen molar-refractivity contribution in [1.82, 2.24) is 4.98 Å². The number of anilines is 3. The smallest absolute Gasteiger partial charge is 0.139 e. The number of hydrogen-bond acceptors (Lipinski definition) is 3. The van der Waals surface area contributed by atoms with Crippen LogP contribution in [0.3, 0.4) is 0 Å². The summed E-state index contributed by atoms with van der Waals surface area (Å²) in [5, 5.41) is 4.96. The second-order valence-corrected chi connectivity index (χ2v) is 11.5. The molecule has 2 nitrogen and oxygen atoms in total. The fourth-order valence-electron chi connectivity index (χ4n) is 5.74. The monoisotopic (exact) mass is 554 g/mol. The zero-order valence-corrected chi connectivity index (χ0v) is 23.6. The van der Waals surface area contributed by atoms with Crippen molar-refractivity contribution < 1.29 is 0 Å². The first-order valence-electron chi connectivity index (χ1n) is 14.1. The molecule has 0 unspecified atom stereocenters. The summed E-state index contributed by atoms with van der Waals surface area (Å²) in [7, 11) is 0. The predicted octanol–water partition coefficient (Wildman–Crippen LogP) is 11.4. The maximum absolute atomic E-state index is 5.21. The molecule has 0 fully saturated rings. The van der Waals surface area contributed by atoms with Crippen molar-refractivity contribution in [3.63, 3.8) is 0 Å². The predicted molar refractivity (Wildman–Crippen MR) is 180 cm³/mol. The van der Waals surface area contributed by atoms with Gasteiger partial charge < -0.3 is 0 Å². The van der Waals surface area contributed by atoms with Gasteiger partial charge in [-0.25, -0.2) is 4.98 Å². The minimum Gasteiger partial charge on any atom is -0.295 e. The summed E-state index contributed by atoms with van der Waals surface area (Å²) in [5.74, 6) is 0.903. The number of benzene rings is 6. The van der Waals surface area contributed by atoms with E-state index < -0.39 is 0 Å². The molecule has 0 aliphatic heterocycles. The Hall–Kier alpha value is -5.25. The number of aromatic nitrogens is 1. The van der Waals surface area contributed by atoms with Crippen LogP contribution in [0.25, 0.3) is 53.3 Å².